The number of hydrogen-bond acceptors (Lipinski definition) is 3. The van der Waals surface area contributed by atoms with Gasteiger partial charge in [0.2, 0.25) is 5.91 Å². The van der Waals surface area contributed by atoms with Gasteiger partial charge in [0.1, 0.15) is 0 Å². The molecule has 0 bridgehead atoms. The van der Waals surface area contributed by atoms with Crippen LogP contribution in [-0.2, 0) is 4.79 Å². The van der Waals surface area contributed by atoms with Crippen LogP contribution in [-0.4, -0.2) is 49.1 Å². The minimum atomic E-state index is 0. The number of halogens is 2. The summed E-state index contributed by atoms with van der Waals surface area (Å²) in [4.78, 5) is 14.2. The number of nitrogens with one attached hydrogen (secondary N) is 2. The number of nitrogens with zero attached hydrogens (tertiary/aromatic N) is 1. The zero-order chi connectivity index (χ0) is 10.7. The van der Waals surface area contributed by atoms with E-state index in [0.717, 1.165) is 45.4 Å². The highest BCUT2D eigenvalue weighted by atomic mass is 35.5. The number of amides is 1. The van der Waals surface area contributed by atoms with Crippen LogP contribution in [0.5, 0.6) is 0 Å². The van der Waals surface area contributed by atoms with Crippen LogP contribution < -0.4 is 10.6 Å². The van der Waals surface area contributed by atoms with Crippen LogP contribution in [0.2, 0.25) is 0 Å². The molecular weight excluding hydrogens is 261 g/mol. The quantitative estimate of drug-likeness (QED) is 0.805. The highest BCUT2D eigenvalue weighted by Gasteiger charge is 2.33. The molecule has 6 heteroatoms. The first-order chi connectivity index (χ1) is 7.33. The molecule has 0 aliphatic carbocycles. The molecule has 0 radical (unpaired) electrons. The van der Waals surface area contributed by atoms with E-state index in [1.165, 1.54) is 0 Å². The molecule has 0 aromatic heterocycles. The molecule has 2 saturated heterocycles. The summed E-state index contributed by atoms with van der Waals surface area (Å²) in [6.45, 7) is 5.96. The molecule has 0 saturated carbocycles. The molecule has 2 fully saturated rings. The van der Waals surface area contributed by atoms with E-state index in [1.54, 1.807) is 0 Å². The van der Waals surface area contributed by atoms with Crippen molar-refractivity contribution in [1.29, 1.82) is 0 Å². The van der Waals surface area contributed by atoms with Crippen LogP contribution in [0.15, 0.2) is 0 Å². The first-order valence-corrected chi connectivity index (χ1v) is 6.07. The lowest BCUT2D eigenvalue weighted by Gasteiger charge is -2.40. The smallest absolute Gasteiger partial charge is 0.240 e. The number of carbonyl (C=O) groups is 1. The van der Waals surface area contributed by atoms with E-state index in [9.17, 15) is 4.79 Å². The Hall–Kier alpha value is -0.0300. The summed E-state index contributed by atoms with van der Waals surface area (Å²) in [5.41, 5.74) is 0. The third kappa shape index (κ3) is 3.98. The molecule has 2 heterocycles. The average molecular weight is 284 g/mol. The van der Waals surface area contributed by atoms with Crippen molar-refractivity contribution in [2.45, 2.75) is 38.3 Å². The van der Waals surface area contributed by atoms with Crippen molar-refractivity contribution in [3.63, 3.8) is 0 Å². The first-order valence-electron chi connectivity index (χ1n) is 6.07. The number of carbonyl (C=O) groups excluding carboxylic acids is 1. The van der Waals surface area contributed by atoms with Crippen LogP contribution in [0, 0.1) is 0 Å². The van der Waals surface area contributed by atoms with Crippen LogP contribution in [0.4, 0.5) is 0 Å². The Morgan fingerprint density at radius 2 is 2.06 bits per heavy atom. The third-order valence-corrected chi connectivity index (χ3v) is 3.38. The van der Waals surface area contributed by atoms with Gasteiger partial charge in [-0.15, -0.1) is 24.8 Å². The Morgan fingerprint density at radius 3 is 2.59 bits per heavy atom. The van der Waals surface area contributed by atoms with Crippen molar-refractivity contribution >= 4 is 30.7 Å². The van der Waals surface area contributed by atoms with E-state index < -0.39 is 0 Å². The monoisotopic (exact) mass is 283 g/mol. The van der Waals surface area contributed by atoms with E-state index in [1.807, 2.05) is 0 Å². The van der Waals surface area contributed by atoms with Gasteiger partial charge in [0, 0.05) is 25.7 Å². The van der Waals surface area contributed by atoms with Crippen LogP contribution in [0.25, 0.3) is 0 Å². The molecule has 1 amide bonds. The molecule has 2 aliphatic rings. The van der Waals surface area contributed by atoms with Crippen molar-refractivity contribution in [2.75, 3.05) is 26.2 Å². The molecule has 1 unspecified atom stereocenters. The van der Waals surface area contributed by atoms with Crippen LogP contribution >= 0.6 is 24.8 Å². The Kier molecular flexibility index (Phi) is 8.12. The zero-order valence-electron chi connectivity index (χ0n) is 10.3. The fraction of sp³-hybridized carbons (Fsp3) is 0.909. The third-order valence-electron chi connectivity index (χ3n) is 3.38. The minimum absolute atomic E-state index is 0. The molecule has 2 aliphatic heterocycles. The fourth-order valence-corrected chi connectivity index (χ4v) is 2.34. The predicted octanol–water partition coefficient (Wildman–Crippen LogP) is 0.792. The van der Waals surface area contributed by atoms with Crippen molar-refractivity contribution < 1.29 is 4.79 Å². The van der Waals surface area contributed by atoms with Crippen molar-refractivity contribution in [3.05, 3.63) is 0 Å². The molecule has 2 rings (SSSR count). The Morgan fingerprint density at radius 1 is 1.35 bits per heavy atom. The Bertz CT molecular complexity index is 235. The highest BCUT2D eigenvalue weighted by molar-refractivity contribution is 5.85. The second-order valence-electron chi connectivity index (χ2n) is 4.47. The predicted molar refractivity (Wildman–Crippen MR) is 74.2 cm³/mol. The lowest BCUT2D eigenvalue weighted by atomic mass is 10.0. The molecule has 102 valence electrons. The van der Waals surface area contributed by atoms with Gasteiger partial charge in [-0.3, -0.25) is 4.79 Å². The van der Waals surface area contributed by atoms with Gasteiger partial charge in [-0.1, -0.05) is 13.3 Å². The maximum absolute atomic E-state index is 12.1. The first kappa shape index (κ1) is 17.0. The van der Waals surface area contributed by atoms with E-state index in [0.29, 0.717) is 11.9 Å². The Balaban J connectivity index is 0.00000128. The standard InChI is InChI=1S/C11H21N3O.2ClH/c1-2-3-9-8-12-6-7-14(9)11(15)10-4-5-13-10;;/h9-10,12-13H,2-8H2,1H3;2*1H/t9?,10-;;/m1../s1. The molecule has 2 N–H and O–H groups in total. The van der Waals surface area contributed by atoms with Gasteiger partial charge in [0.15, 0.2) is 0 Å². The van der Waals surface area contributed by atoms with Crippen molar-refractivity contribution in [2.24, 2.45) is 0 Å². The van der Waals surface area contributed by atoms with Crippen LogP contribution in [0.3, 0.4) is 0 Å². The fourth-order valence-electron chi connectivity index (χ4n) is 2.34. The summed E-state index contributed by atoms with van der Waals surface area (Å²) in [6.07, 6.45) is 3.28. The van der Waals surface area contributed by atoms with Crippen molar-refractivity contribution in [1.82, 2.24) is 15.5 Å². The van der Waals surface area contributed by atoms with Crippen molar-refractivity contribution in [3.8, 4) is 0 Å². The lowest BCUT2D eigenvalue weighted by Crippen LogP contribution is -2.61. The summed E-state index contributed by atoms with van der Waals surface area (Å²) in [5, 5.41) is 6.56. The van der Waals surface area contributed by atoms with E-state index in [2.05, 4.69) is 22.5 Å². The highest BCUT2D eigenvalue weighted by Crippen LogP contribution is 2.14. The summed E-state index contributed by atoms with van der Waals surface area (Å²) < 4.78 is 0. The normalized spacial score (nSPS) is 27.5. The van der Waals surface area contributed by atoms with Gasteiger partial charge in [0.05, 0.1) is 6.04 Å². The molecule has 0 aromatic carbocycles. The topological polar surface area (TPSA) is 44.4 Å². The number of rotatable bonds is 3. The van der Waals surface area contributed by atoms with Gasteiger partial charge in [-0.05, 0) is 19.4 Å². The average Bonchev–Trinajstić information content (AvgIpc) is 2.16. The van der Waals surface area contributed by atoms with E-state index in [-0.39, 0.29) is 30.9 Å². The summed E-state index contributed by atoms with van der Waals surface area (Å²) in [5.74, 6) is 0.321. The SMILES string of the molecule is CCCC1CNCCN1C(=O)[C@H]1CCN1.Cl.Cl. The molecular formula is C11H23Cl2N3O. The zero-order valence-corrected chi connectivity index (χ0v) is 11.9. The van der Waals surface area contributed by atoms with Gasteiger partial charge >= 0.3 is 0 Å². The summed E-state index contributed by atoms with van der Waals surface area (Å²) in [7, 11) is 0. The Labute approximate surface area is 116 Å². The van der Waals surface area contributed by atoms with Gasteiger partial charge < -0.3 is 15.5 Å². The van der Waals surface area contributed by atoms with Gasteiger partial charge in [-0.25, -0.2) is 0 Å². The molecule has 4 nitrogen and oxygen atoms in total. The second kappa shape index (κ2) is 8.14. The minimum Gasteiger partial charge on any atom is -0.336 e. The molecule has 0 spiro atoms. The number of piperazine rings is 1. The van der Waals surface area contributed by atoms with E-state index >= 15 is 0 Å². The molecule has 17 heavy (non-hydrogen) atoms. The second-order valence-corrected chi connectivity index (χ2v) is 4.47. The maximum atomic E-state index is 12.1. The summed E-state index contributed by atoms with van der Waals surface area (Å²) in [6, 6.07) is 0.529. The lowest BCUT2D eigenvalue weighted by molar-refractivity contribution is -0.138. The molecule has 0 aromatic rings. The van der Waals surface area contributed by atoms with E-state index in [4.69, 9.17) is 0 Å². The van der Waals surface area contributed by atoms with Gasteiger partial charge in [-0.2, -0.15) is 0 Å². The largest absolute Gasteiger partial charge is 0.336 e. The maximum Gasteiger partial charge on any atom is 0.240 e. The van der Waals surface area contributed by atoms with Crippen LogP contribution in [0.1, 0.15) is 26.2 Å². The van der Waals surface area contributed by atoms with Gasteiger partial charge in [0.25, 0.3) is 0 Å². The number of hydrogen-bond donors (Lipinski definition) is 2. The summed E-state index contributed by atoms with van der Waals surface area (Å²) >= 11 is 0. The molecule has 2 atom stereocenters.